The first kappa shape index (κ1) is 16.0. The van der Waals surface area contributed by atoms with E-state index in [1.165, 1.54) is 6.92 Å². The number of hydrogen-bond donors (Lipinski definition) is 1. The van der Waals surface area contributed by atoms with Crippen molar-refractivity contribution < 1.29 is 19.1 Å². The average Bonchev–Trinajstić information content (AvgIpc) is 2.43. The Bertz CT molecular complexity index is 419. The fourth-order valence-electron chi connectivity index (χ4n) is 1.73. The van der Waals surface area contributed by atoms with Crippen LogP contribution in [0, 0.1) is 0 Å². The Balaban J connectivity index is 2.34. The molecule has 5 heteroatoms. The zero-order valence-corrected chi connectivity index (χ0v) is 11.9. The average molecular weight is 279 g/mol. The van der Waals surface area contributed by atoms with Crippen molar-refractivity contribution in [2.45, 2.75) is 32.7 Å². The zero-order chi connectivity index (χ0) is 14.8. The van der Waals surface area contributed by atoms with Crippen molar-refractivity contribution >= 4 is 11.9 Å². The van der Waals surface area contributed by atoms with Gasteiger partial charge in [-0.05, 0) is 31.9 Å². The third kappa shape index (κ3) is 6.22. The number of para-hydroxylation sites is 1. The Morgan fingerprint density at radius 1 is 1.25 bits per heavy atom. The molecule has 0 aliphatic heterocycles. The Labute approximate surface area is 119 Å². The lowest BCUT2D eigenvalue weighted by atomic mass is 10.1. The SMILES string of the molecule is CCOC(=O)[C@@H](CCCOc1ccccc1)NC(C)=O. The molecule has 0 bridgehead atoms. The molecule has 110 valence electrons. The Morgan fingerprint density at radius 2 is 1.95 bits per heavy atom. The molecule has 0 heterocycles. The Hall–Kier alpha value is -2.04. The zero-order valence-electron chi connectivity index (χ0n) is 11.9. The van der Waals surface area contributed by atoms with Crippen LogP contribution < -0.4 is 10.1 Å². The molecular formula is C15H21NO4. The topological polar surface area (TPSA) is 64.6 Å². The summed E-state index contributed by atoms with van der Waals surface area (Å²) >= 11 is 0. The van der Waals surface area contributed by atoms with Gasteiger partial charge in [-0.2, -0.15) is 0 Å². The minimum absolute atomic E-state index is 0.243. The second-order valence-electron chi connectivity index (χ2n) is 4.31. The fraction of sp³-hybridized carbons (Fsp3) is 0.467. The van der Waals surface area contributed by atoms with Crippen LogP contribution >= 0.6 is 0 Å². The molecule has 1 aromatic carbocycles. The van der Waals surface area contributed by atoms with E-state index in [2.05, 4.69) is 5.32 Å². The van der Waals surface area contributed by atoms with Gasteiger partial charge in [-0.15, -0.1) is 0 Å². The fourth-order valence-corrected chi connectivity index (χ4v) is 1.73. The molecule has 0 saturated carbocycles. The number of carbonyl (C=O) groups is 2. The summed E-state index contributed by atoms with van der Waals surface area (Å²) in [6, 6.07) is 8.85. The van der Waals surface area contributed by atoms with Gasteiger partial charge in [0.25, 0.3) is 0 Å². The quantitative estimate of drug-likeness (QED) is 0.583. The molecule has 0 saturated heterocycles. The van der Waals surface area contributed by atoms with Crippen LogP contribution in [0.15, 0.2) is 30.3 Å². The van der Waals surface area contributed by atoms with Gasteiger partial charge in [0.15, 0.2) is 0 Å². The highest BCUT2D eigenvalue weighted by atomic mass is 16.5. The van der Waals surface area contributed by atoms with Gasteiger partial charge < -0.3 is 14.8 Å². The molecule has 0 fully saturated rings. The maximum atomic E-state index is 11.7. The lowest BCUT2D eigenvalue weighted by Crippen LogP contribution is -2.41. The standard InChI is InChI=1S/C15H21NO4/c1-3-19-15(18)14(16-12(2)17)10-7-11-20-13-8-5-4-6-9-13/h4-6,8-9,14H,3,7,10-11H2,1-2H3,(H,16,17)/t14-/m1/s1. The van der Waals surface area contributed by atoms with Crippen molar-refractivity contribution in [1.82, 2.24) is 5.32 Å². The molecule has 0 spiro atoms. The molecule has 0 aliphatic carbocycles. The minimum atomic E-state index is -0.605. The lowest BCUT2D eigenvalue weighted by molar-refractivity contribution is -0.147. The van der Waals surface area contributed by atoms with E-state index < -0.39 is 12.0 Å². The van der Waals surface area contributed by atoms with Crippen LogP contribution in [0.25, 0.3) is 0 Å². The van der Waals surface area contributed by atoms with Crippen LogP contribution in [0.1, 0.15) is 26.7 Å². The summed E-state index contributed by atoms with van der Waals surface area (Å²) in [5, 5.41) is 2.59. The summed E-state index contributed by atoms with van der Waals surface area (Å²) in [7, 11) is 0. The molecule has 0 aliphatic rings. The molecular weight excluding hydrogens is 258 g/mol. The van der Waals surface area contributed by atoms with Gasteiger partial charge in [0.2, 0.25) is 5.91 Å². The van der Waals surface area contributed by atoms with Gasteiger partial charge in [-0.25, -0.2) is 4.79 Å². The molecule has 1 rings (SSSR count). The molecule has 5 nitrogen and oxygen atoms in total. The first-order valence-electron chi connectivity index (χ1n) is 6.75. The molecule has 20 heavy (non-hydrogen) atoms. The summed E-state index contributed by atoms with van der Waals surface area (Å²) < 4.78 is 10.5. The van der Waals surface area contributed by atoms with Crippen LogP contribution in [0.5, 0.6) is 5.75 Å². The van der Waals surface area contributed by atoms with E-state index in [0.29, 0.717) is 26.1 Å². The second kappa shape index (κ2) is 8.96. The van der Waals surface area contributed by atoms with E-state index in [9.17, 15) is 9.59 Å². The van der Waals surface area contributed by atoms with Crippen molar-refractivity contribution in [3.05, 3.63) is 30.3 Å². The molecule has 0 unspecified atom stereocenters. The van der Waals surface area contributed by atoms with E-state index >= 15 is 0 Å². The highest BCUT2D eigenvalue weighted by Crippen LogP contribution is 2.09. The molecule has 1 amide bonds. The van der Waals surface area contributed by atoms with Crippen LogP contribution in [-0.4, -0.2) is 31.1 Å². The third-order valence-electron chi connectivity index (χ3n) is 2.60. The van der Waals surface area contributed by atoms with Gasteiger partial charge >= 0.3 is 5.97 Å². The highest BCUT2D eigenvalue weighted by molar-refractivity contribution is 5.83. The monoisotopic (exact) mass is 279 g/mol. The summed E-state index contributed by atoms with van der Waals surface area (Å²) in [4.78, 5) is 22.7. The molecule has 1 aromatic rings. The van der Waals surface area contributed by atoms with Gasteiger partial charge in [-0.1, -0.05) is 18.2 Å². The highest BCUT2D eigenvalue weighted by Gasteiger charge is 2.20. The van der Waals surface area contributed by atoms with Gasteiger partial charge in [0, 0.05) is 6.92 Å². The van der Waals surface area contributed by atoms with Gasteiger partial charge in [-0.3, -0.25) is 4.79 Å². The smallest absolute Gasteiger partial charge is 0.328 e. The number of benzene rings is 1. The molecule has 0 aromatic heterocycles. The third-order valence-corrected chi connectivity index (χ3v) is 2.60. The Kier molecular flexibility index (Phi) is 7.17. The number of rotatable bonds is 8. The lowest BCUT2D eigenvalue weighted by Gasteiger charge is -2.16. The summed E-state index contributed by atoms with van der Waals surface area (Å²) in [5.41, 5.74) is 0. The van der Waals surface area contributed by atoms with E-state index in [1.54, 1.807) is 6.92 Å². The van der Waals surface area contributed by atoms with Crippen molar-refractivity contribution in [3.63, 3.8) is 0 Å². The predicted molar refractivity (Wildman–Crippen MR) is 75.4 cm³/mol. The van der Waals surface area contributed by atoms with Gasteiger partial charge in [0.05, 0.1) is 13.2 Å². The van der Waals surface area contributed by atoms with Crippen LogP contribution in [0.4, 0.5) is 0 Å². The number of carbonyl (C=O) groups excluding carboxylic acids is 2. The van der Waals surface area contributed by atoms with Crippen LogP contribution in [0.2, 0.25) is 0 Å². The van der Waals surface area contributed by atoms with Crippen molar-refractivity contribution in [1.29, 1.82) is 0 Å². The normalized spacial score (nSPS) is 11.5. The molecule has 0 radical (unpaired) electrons. The summed E-state index contributed by atoms with van der Waals surface area (Å²) in [6.07, 6.45) is 1.14. The maximum absolute atomic E-state index is 11.7. The molecule has 1 atom stereocenters. The van der Waals surface area contributed by atoms with E-state index in [4.69, 9.17) is 9.47 Å². The number of esters is 1. The first-order chi connectivity index (χ1) is 9.63. The number of nitrogens with one attached hydrogen (secondary N) is 1. The summed E-state index contributed by atoms with van der Waals surface area (Å²) in [5.74, 6) is 0.147. The number of hydrogen-bond acceptors (Lipinski definition) is 4. The second-order valence-corrected chi connectivity index (χ2v) is 4.31. The number of amides is 1. The van der Waals surface area contributed by atoms with E-state index in [-0.39, 0.29) is 5.91 Å². The van der Waals surface area contributed by atoms with Crippen molar-refractivity contribution in [2.75, 3.05) is 13.2 Å². The maximum Gasteiger partial charge on any atom is 0.328 e. The minimum Gasteiger partial charge on any atom is -0.494 e. The van der Waals surface area contributed by atoms with E-state index in [0.717, 1.165) is 5.75 Å². The Morgan fingerprint density at radius 3 is 2.55 bits per heavy atom. The predicted octanol–water partition coefficient (Wildman–Crippen LogP) is 1.91. The van der Waals surface area contributed by atoms with Crippen LogP contribution in [0.3, 0.4) is 0 Å². The van der Waals surface area contributed by atoms with Crippen LogP contribution in [-0.2, 0) is 14.3 Å². The number of ether oxygens (including phenoxy) is 2. The first-order valence-corrected chi connectivity index (χ1v) is 6.75. The van der Waals surface area contributed by atoms with E-state index in [1.807, 2.05) is 30.3 Å². The summed E-state index contributed by atoms with van der Waals surface area (Å²) in [6.45, 7) is 3.91. The van der Waals surface area contributed by atoms with Crippen molar-refractivity contribution in [3.8, 4) is 5.75 Å². The molecule has 1 N–H and O–H groups in total. The largest absolute Gasteiger partial charge is 0.494 e. The van der Waals surface area contributed by atoms with Crippen molar-refractivity contribution in [2.24, 2.45) is 0 Å². The van der Waals surface area contributed by atoms with Gasteiger partial charge in [0.1, 0.15) is 11.8 Å².